The number of nitrogens with two attached hydrogens (primary N) is 1. The Morgan fingerprint density at radius 2 is 1.72 bits per heavy atom. The summed E-state index contributed by atoms with van der Waals surface area (Å²) in [6, 6.07) is 0. The van der Waals surface area contributed by atoms with Gasteiger partial charge in [0.15, 0.2) is 23.5 Å². The minimum atomic E-state index is -5.96. The Morgan fingerprint density at radius 1 is 1.02 bits per heavy atom. The van der Waals surface area contributed by atoms with Crippen LogP contribution < -0.4 is 21.4 Å². The highest BCUT2D eigenvalue weighted by Crippen LogP contribution is 2.68. The van der Waals surface area contributed by atoms with Crippen molar-refractivity contribution < 1.29 is 79.8 Å². The molecule has 4 aromatic heterocycles. The van der Waals surface area contributed by atoms with Crippen molar-refractivity contribution in [2.75, 3.05) is 32.7 Å². The van der Waals surface area contributed by atoms with Gasteiger partial charge in [0, 0.05) is 7.11 Å². The Morgan fingerprint density at radius 3 is 2.43 bits per heavy atom. The first-order valence-electron chi connectivity index (χ1n) is 15.5. The van der Waals surface area contributed by atoms with Crippen LogP contribution in [-0.4, -0.2) is 122 Å². The predicted octanol–water partition coefficient (Wildman–Crippen LogP) is -2.76. The second-order valence-corrected chi connectivity index (χ2v) is 17.1. The maximum atomic E-state index is 12.8. The number of hydrogen-bond donors (Lipinski definition) is 8. The van der Waals surface area contributed by atoms with E-state index in [2.05, 4.69) is 33.5 Å². The van der Waals surface area contributed by atoms with Crippen molar-refractivity contribution in [1.29, 1.82) is 0 Å². The Hall–Kier alpha value is -3.33. The number of aromatic nitrogens is 8. The van der Waals surface area contributed by atoms with Gasteiger partial charge in [0.05, 0.1) is 33.2 Å². The number of aryl methyl sites for hydroxylation is 2. The van der Waals surface area contributed by atoms with E-state index in [0.29, 0.717) is 0 Å². The van der Waals surface area contributed by atoms with E-state index in [4.69, 9.17) is 33.7 Å². The third-order valence-corrected chi connectivity index (χ3v) is 13.0. The minimum absolute atomic E-state index is 0.0417. The quantitative estimate of drug-likeness (QED) is 0.0500. The topological polar surface area (TPSA) is 370 Å². The average molecular weight is 828 g/mol. The molecule has 2 bridgehead atoms. The van der Waals surface area contributed by atoms with Gasteiger partial charge in [0.1, 0.15) is 35.8 Å². The Bertz CT molecular complexity index is 2380. The molecule has 3 fully saturated rings. The molecule has 296 valence electrons. The molecule has 27 nitrogen and oxygen atoms in total. The van der Waals surface area contributed by atoms with E-state index in [1.165, 1.54) is 47.4 Å². The first-order valence-corrected chi connectivity index (χ1v) is 20.0. The predicted molar refractivity (Wildman–Crippen MR) is 172 cm³/mol. The number of anilines is 1. The number of rotatable bonds is 13. The number of imidazole rings is 2. The van der Waals surface area contributed by atoms with Gasteiger partial charge < -0.3 is 54.6 Å². The first kappa shape index (κ1) is 38.9. The smallest absolute Gasteiger partial charge is 0.387 e. The fourth-order valence-corrected chi connectivity index (χ4v) is 10.0. The lowest BCUT2D eigenvalue weighted by atomic mass is 10.0. The fraction of sp³-hybridized carbons (Fsp3) is 0.583. The Kier molecular flexibility index (Phi) is 9.88. The summed E-state index contributed by atoms with van der Waals surface area (Å²) in [7, 11) is -14.5. The molecule has 54 heavy (non-hydrogen) atoms. The third-order valence-electron chi connectivity index (χ3n) is 8.76. The number of ether oxygens (including phenoxy) is 4. The molecule has 7 heterocycles. The van der Waals surface area contributed by atoms with Gasteiger partial charge in [0.25, 0.3) is 16.7 Å². The Balaban J connectivity index is 0.977. The molecule has 0 aliphatic carbocycles. The molecule has 0 amide bonds. The number of nitrogens with zero attached hydrogens (tertiary/aromatic N) is 6. The number of aliphatic hydroxyl groups excluding tert-OH is 2. The van der Waals surface area contributed by atoms with E-state index in [1.807, 2.05) is 0 Å². The van der Waals surface area contributed by atoms with Crippen LogP contribution in [0.25, 0.3) is 22.3 Å². The van der Waals surface area contributed by atoms with Crippen molar-refractivity contribution in [3.8, 4) is 0 Å². The molecule has 3 saturated heterocycles. The second kappa shape index (κ2) is 13.7. The normalized spacial score (nSPS) is 31.6. The molecule has 0 radical (unpaired) electrons. The van der Waals surface area contributed by atoms with Gasteiger partial charge >= 0.3 is 29.0 Å². The monoisotopic (exact) mass is 828 g/mol. The number of nitrogens with one attached hydrogen (secondary N) is 2. The summed E-state index contributed by atoms with van der Waals surface area (Å²) in [5, 5.41) is 21.9. The van der Waals surface area contributed by atoms with Gasteiger partial charge in [-0.1, -0.05) is 0 Å². The Labute approximate surface area is 300 Å². The third kappa shape index (κ3) is 7.00. The number of hydrogen-bond acceptors (Lipinski definition) is 19. The first-order chi connectivity index (χ1) is 25.2. The number of fused-ring (bicyclic) bond motifs is 4. The van der Waals surface area contributed by atoms with Crippen molar-refractivity contribution in [3.05, 3.63) is 39.2 Å². The number of H-pyrrole nitrogens is 2. The molecule has 9 N–H and O–H groups in total. The van der Waals surface area contributed by atoms with Crippen LogP contribution in [0.1, 0.15) is 18.3 Å². The summed E-state index contributed by atoms with van der Waals surface area (Å²) >= 11 is 0. The standard InChI is InChI=1S/C24H32N9O18P3/c1-9-27-17-11(19(36)28-9)26-7-32(17)21-13(34)14(44-3)10(48-21)4-46-52(38,39)50-54(42,43)51-53(40,41)47-6-24-5-45-15(16(24)35)22(49-24)33-8-31(2)12-18(33)29-23(25)30-20(12)37/h7-8,10,13-16,21-22,34-35H,4-6H2,1-3H3,(H6-,25,27,28,29,30,36,37,38,39,40,41,42,43)/p+1/t10-,13?,14+,15?,16-,21-,22-,24-/m1/s1. The van der Waals surface area contributed by atoms with Crippen LogP contribution in [0.2, 0.25) is 0 Å². The van der Waals surface area contributed by atoms with E-state index < -0.39 is 103 Å². The average Bonchev–Trinajstić information content (AvgIpc) is 3.84. The number of nitrogen functional groups attached to an aromatic ring is 1. The lowest BCUT2D eigenvalue weighted by molar-refractivity contribution is -0.646. The molecular weight excluding hydrogens is 795 g/mol. The minimum Gasteiger partial charge on any atom is -0.387 e. The molecule has 4 aromatic rings. The van der Waals surface area contributed by atoms with Crippen molar-refractivity contribution >= 4 is 51.7 Å². The molecule has 7 rings (SSSR count). The SMILES string of the molecule is CO[C@@H]1C(O)[C@H](n2cnc3c(=O)[nH]c(C)nc32)O[C@@H]1COP(=O)(O)OP(=O)(O)OP(=O)(O)OC[C@@]12COC([C@H](n3c[n+](C)c4c(=O)[nH]c(N)nc43)O1)[C@H]2O. The van der Waals surface area contributed by atoms with Crippen molar-refractivity contribution in [2.24, 2.45) is 7.05 Å². The molecule has 11 atom stereocenters. The van der Waals surface area contributed by atoms with Crippen LogP contribution in [0.4, 0.5) is 5.95 Å². The zero-order valence-corrected chi connectivity index (χ0v) is 30.6. The van der Waals surface area contributed by atoms with Gasteiger partial charge in [-0.05, 0) is 6.92 Å². The van der Waals surface area contributed by atoms with Gasteiger partial charge in [-0.25, -0.2) is 28.2 Å². The largest absolute Gasteiger partial charge is 0.490 e. The van der Waals surface area contributed by atoms with E-state index in [0.717, 1.165) is 0 Å². The molecule has 0 saturated carbocycles. The molecule has 0 aromatic carbocycles. The molecule has 5 unspecified atom stereocenters. The number of methoxy groups -OCH3 is 1. The summed E-state index contributed by atoms with van der Waals surface area (Å²) in [6.07, 6.45) is -6.57. The molecule has 3 aliphatic rings. The highest BCUT2D eigenvalue weighted by molar-refractivity contribution is 7.66. The van der Waals surface area contributed by atoms with E-state index in [1.54, 1.807) is 0 Å². The highest BCUT2D eigenvalue weighted by atomic mass is 31.3. The fourth-order valence-electron chi connectivity index (χ4n) is 6.47. The van der Waals surface area contributed by atoms with Crippen molar-refractivity contribution in [1.82, 2.24) is 34.1 Å². The van der Waals surface area contributed by atoms with Crippen LogP contribution in [0, 0.1) is 6.92 Å². The van der Waals surface area contributed by atoms with Crippen LogP contribution in [0.15, 0.2) is 22.2 Å². The van der Waals surface area contributed by atoms with Crippen LogP contribution in [0.3, 0.4) is 0 Å². The number of phosphoric acid groups is 3. The second-order valence-electron chi connectivity index (χ2n) is 12.4. The summed E-state index contributed by atoms with van der Waals surface area (Å²) in [4.78, 5) is 72.4. The highest BCUT2D eigenvalue weighted by Gasteiger charge is 2.65. The van der Waals surface area contributed by atoms with E-state index >= 15 is 0 Å². The molecule has 3 aliphatic heterocycles. The van der Waals surface area contributed by atoms with Crippen LogP contribution >= 0.6 is 23.5 Å². The van der Waals surface area contributed by atoms with Crippen molar-refractivity contribution in [2.45, 2.75) is 55.5 Å². The maximum Gasteiger partial charge on any atom is 0.490 e. The lowest BCUT2D eigenvalue weighted by Gasteiger charge is -2.29. The molecule has 0 spiro atoms. The van der Waals surface area contributed by atoms with Gasteiger partial charge in [-0.15, -0.1) is 0 Å². The van der Waals surface area contributed by atoms with Gasteiger partial charge in [-0.3, -0.25) is 28.2 Å². The summed E-state index contributed by atoms with van der Waals surface area (Å²) in [6.45, 7) is -0.784. The maximum absolute atomic E-state index is 12.8. The molecule has 30 heteroatoms. The van der Waals surface area contributed by atoms with Crippen LogP contribution in [0.5, 0.6) is 0 Å². The number of aromatic amines is 2. The van der Waals surface area contributed by atoms with Gasteiger partial charge in [0.2, 0.25) is 18.5 Å². The summed E-state index contributed by atoms with van der Waals surface area (Å²) < 4.78 is 82.6. The van der Waals surface area contributed by atoms with Crippen LogP contribution in [-0.2, 0) is 57.4 Å². The zero-order chi connectivity index (χ0) is 39.1. The van der Waals surface area contributed by atoms with E-state index in [-0.39, 0.29) is 34.1 Å². The van der Waals surface area contributed by atoms with Crippen molar-refractivity contribution in [3.63, 3.8) is 0 Å². The zero-order valence-electron chi connectivity index (χ0n) is 28.0. The van der Waals surface area contributed by atoms with E-state index in [9.17, 15) is 48.2 Å². The summed E-state index contributed by atoms with van der Waals surface area (Å²) in [5.41, 5.74) is 2.83. The van der Waals surface area contributed by atoms with Gasteiger partial charge in [-0.2, -0.15) is 18.2 Å². The number of aliphatic hydroxyl groups is 2. The number of phosphoric ester groups is 2. The summed E-state index contributed by atoms with van der Waals surface area (Å²) in [5.74, 6) is 0.0167. The lowest BCUT2D eigenvalue weighted by Crippen LogP contribution is -2.44. The molecular formula is C24H33N9O18P3+.